The van der Waals surface area contributed by atoms with Crippen molar-refractivity contribution in [1.29, 1.82) is 0 Å². The Hall–Kier alpha value is -0.900. The van der Waals surface area contributed by atoms with E-state index in [9.17, 15) is 0 Å². The van der Waals surface area contributed by atoms with Crippen LogP contribution in [0.3, 0.4) is 0 Å². The van der Waals surface area contributed by atoms with Crippen LogP contribution in [0.4, 0.5) is 0 Å². The summed E-state index contributed by atoms with van der Waals surface area (Å²) in [5.41, 5.74) is 4.10. The molecule has 0 bridgehead atoms. The minimum atomic E-state index is 0.350. The molecule has 0 aliphatic carbocycles. The van der Waals surface area contributed by atoms with Crippen molar-refractivity contribution in [2.45, 2.75) is 52.4 Å². The van der Waals surface area contributed by atoms with Crippen molar-refractivity contribution in [2.75, 3.05) is 26.7 Å². The molecular formula is C18H30N2O. The summed E-state index contributed by atoms with van der Waals surface area (Å²) in [7, 11) is 2.06. The van der Waals surface area contributed by atoms with Crippen molar-refractivity contribution in [1.82, 2.24) is 10.2 Å². The number of hydrogen-bond acceptors (Lipinski definition) is 3. The highest BCUT2D eigenvalue weighted by atomic mass is 16.5. The maximum atomic E-state index is 5.81. The van der Waals surface area contributed by atoms with E-state index >= 15 is 0 Å². The van der Waals surface area contributed by atoms with E-state index in [-0.39, 0.29) is 0 Å². The van der Waals surface area contributed by atoms with Gasteiger partial charge >= 0.3 is 0 Å². The molecule has 1 heterocycles. The number of hydrogen-bond donors (Lipinski definition) is 1. The summed E-state index contributed by atoms with van der Waals surface area (Å²) >= 11 is 0. The third-order valence-corrected chi connectivity index (χ3v) is 4.22. The van der Waals surface area contributed by atoms with Crippen LogP contribution in [0.1, 0.15) is 43.0 Å². The second kappa shape index (κ2) is 7.39. The summed E-state index contributed by atoms with van der Waals surface area (Å²) in [4.78, 5) is 2.53. The predicted molar refractivity (Wildman–Crippen MR) is 88.8 cm³/mol. The molecule has 1 fully saturated rings. The molecule has 3 heteroatoms. The maximum absolute atomic E-state index is 5.81. The quantitative estimate of drug-likeness (QED) is 0.902. The lowest BCUT2D eigenvalue weighted by Crippen LogP contribution is -2.46. The van der Waals surface area contributed by atoms with Crippen molar-refractivity contribution >= 4 is 0 Å². The van der Waals surface area contributed by atoms with E-state index in [1.54, 1.807) is 0 Å². The van der Waals surface area contributed by atoms with E-state index in [0.29, 0.717) is 18.2 Å². The zero-order valence-corrected chi connectivity index (χ0v) is 14.1. The van der Waals surface area contributed by atoms with Crippen LogP contribution in [0.5, 0.6) is 0 Å². The first-order valence-electron chi connectivity index (χ1n) is 8.11. The Kier molecular flexibility index (Phi) is 5.80. The van der Waals surface area contributed by atoms with Crippen LogP contribution < -0.4 is 5.32 Å². The standard InChI is InChI=1S/C18H30N2O/c1-13-8-14(2)10-17(9-13)18(19-5)6-7-20-11-15(3)21-16(4)12-20/h8-10,15-16,18-19H,6-7,11-12H2,1-5H3. The van der Waals surface area contributed by atoms with Gasteiger partial charge in [0, 0.05) is 25.7 Å². The highest BCUT2D eigenvalue weighted by molar-refractivity contribution is 5.30. The second-order valence-electron chi connectivity index (χ2n) is 6.57. The normalized spacial score (nSPS) is 25.0. The van der Waals surface area contributed by atoms with Crippen LogP contribution in [0.2, 0.25) is 0 Å². The van der Waals surface area contributed by atoms with Gasteiger partial charge in [0.15, 0.2) is 0 Å². The van der Waals surface area contributed by atoms with Crippen LogP contribution in [0.25, 0.3) is 0 Å². The summed E-state index contributed by atoms with van der Waals surface area (Å²) in [6.45, 7) is 11.9. The van der Waals surface area contributed by atoms with Gasteiger partial charge in [0.2, 0.25) is 0 Å². The molecule has 1 aliphatic rings. The largest absolute Gasteiger partial charge is 0.373 e. The number of rotatable bonds is 5. The number of nitrogens with one attached hydrogen (secondary N) is 1. The number of aryl methyl sites for hydroxylation is 2. The van der Waals surface area contributed by atoms with Gasteiger partial charge in [-0.25, -0.2) is 0 Å². The van der Waals surface area contributed by atoms with Gasteiger partial charge in [-0.1, -0.05) is 29.3 Å². The molecule has 1 aliphatic heterocycles. The number of nitrogens with zero attached hydrogens (tertiary/aromatic N) is 1. The molecular weight excluding hydrogens is 260 g/mol. The van der Waals surface area contributed by atoms with Gasteiger partial charge in [-0.3, -0.25) is 4.90 Å². The first kappa shape index (κ1) is 16.5. The van der Waals surface area contributed by atoms with E-state index in [1.165, 1.54) is 16.7 Å². The van der Waals surface area contributed by atoms with E-state index in [0.717, 1.165) is 26.1 Å². The minimum absolute atomic E-state index is 0.350. The van der Waals surface area contributed by atoms with Gasteiger partial charge in [-0.15, -0.1) is 0 Å². The molecule has 1 N–H and O–H groups in total. The first-order chi connectivity index (χ1) is 9.97. The zero-order chi connectivity index (χ0) is 15.4. The number of morpholine rings is 1. The Morgan fingerprint density at radius 3 is 2.24 bits per heavy atom. The zero-order valence-electron chi connectivity index (χ0n) is 14.1. The molecule has 1 saturated heterocycles. The van der Waals surface area contributed by atoms with Gasteiger partial charge in [-0.05, 0) is 46.7 Å². The Balaban J connectivity index is 1.96. The lowest BCUT2D eigenvalue weighted by molar-refractivity contribution is -0.0685. The molecule has 0 spiro atoms. The van der Waals surface area contributed by atoms with Crippen LogP contribution in [-0.4, -0.2) is 43.8 Å². The highest BCUT2D eigenvalue weighted by Gasteiger charge is 2.22. The van der Waals surface area contributed by atoms with Crippen molar-refractivity contribution in [3.8, 4) is 0 Å². The lowest BCUT2D eigenvalue weighted by Gasteiger charge is -2.36. The minimum Gasteiger partial charge on any atom is -0.373 e. The lowest BCUT2D eigenvalue weighted by atomic mass is 9.99. The molecule has 0 amide bonds. The van der Waals surface area contributed by atoms with Crippen molar-refractivity contribution in [2.24, 2.45) is 0 Å². The first-order valence-corrected chi connectivity index (χ1v) is 8.11. The van der Waals surface area contributed by atoms with Gasteiger partial charge in [0.1, 0.15) is 0 Å². The smallest absolute Gasteiger partial charge is 0.0678 e. The molecule has 1 aromatic rings. The van der Waals surface area contributed by atoms with E-state index in [4.69, 9.17) is 4.74 Å². The molecule has 118 valence electrons. The number of benzene rings is 1. The summed E-state index contributed by atoms with van der Waals surface area (Å²) < 4.78 is 5.81. The fourth-order valence-electron chi connectivity index (χ4n) is 3.47. The van der Waals surface area contributed by atoms with Crippen LogP contribution >= 0.6 is 0 Å². The predicted octanol–water partition coefficient (Wildman–Crippen LogP) is 3.06. The molecule has 0 radical (unpaired) electrons. The summed E-state index contributed by atoms with van der Waals surface area (Å²) in [5.74, 6) is 0. The van der Waals surface area contributed by atoms with Crippen LogP contribution in [-0.2, 0) is 4.74 Å². The van der Waals surface area contributed by atoms with Crippen molar-refractivity contribution in [3.63, 3.8) is 0 Å². The maximum Gasteiger partial charge on any atom is 0.0678 e. The second-order valence-corrected chi connectivity index (χ2v) is 6.57. The summed E-state index contributed by atoms with van der Waals surface area (Å²) in [6, 6.07) is 7.27. The average molecular weight is 290 g/mol. The van der Waals surface area contributed by atoms with E-state index < -0.39 is 0 Å². The average Bonchev–Trinajstić information content (AvgIpc) is 2.37. The molecule has 3 atom stereocenters. The molecule has 2 rings (SSSR count). The monoisotopic (exact) mass is 290 g/mol. The Labute approximate surface area is 129 Å². The summed E-state index contributed by atoms with van der Waals surface area (Å²) in [5, 5.41) is 3.48. The SMILES string of the molecule is CNC(CCN1CC(C)OC(C)C1)c1cc(C)cc(C)c1. The Bertz CT molecular complexity index is 430. The van der Waals surface area contributed by atoms with Crippen LogP contribution in [0.15, 0.2) is 18.2 Å². The van der Waals surface area contributed by atoms with E-state index in [1.807, 2.05) is 0 Å². The van der Waals surface area contributed by atoms with Gasteiger partial charge in [-0.2, -0.15) is 0 Å². The van der Waals surface area contributed by atoms with Crippen molar-refractivity contribution < 1.29 is 4.74 Å². The molecule has 21 heavy (non-hydrogen) atoms. The third-order valence-electron chi connectivity index (χ3n) is 4.22. The molecule has 3 nitrogen and oxygen atoms in total. The summed E-state index contributed by atoms with van der Waals surface area (Å²) in [6.07, 6.45) is 1.84. The molecule has 0 saturated carbocycles. The Morgan fingerprint density at radius 2 is 1.71 bits per heavy atom. The molecule has 0 aromatic heterocycles. The molecule has 1 aromatic carbocycles. The number of ether oxygens (including phenoxy) is 1. The topological polar surface area (TPSA) is 24.5 Å². The van der Waals surface area contributed by atoms with Gasteiger partial charge in [0.05, 0.1) is 12.2 Å². The van der Waals surface area contributed by atoms with Gasteiger partial charge in [0.25, 0.3) is 0 Å². The molecule has 3 unspecified atom stereocenters. The van der Waals surface area contributed by atoms with Crippen molar-refractivity contribution in [3.05, 3.63) is 34.9 Å². The van der Waals surface area contributed by atoms with Crippen LogP contribution in [0, 0.1) is 13.8 Å². The third kappa shape index (κ3) is 4.80. The van der Waals surface area contributed by atoms with Gasteiger partial charge < -0.3 is 10.1 Å². The Morgan fingerprint density at radius 1 is 1.14 bits per heavy atom. The highest BCUT2D eigenvalue weighted by Crippen LogP contribution is 2.21. The fraction of sp³-hybridized carbons (Fsp3) is 0.667. The fourth-order valence-corrected chi connectivity index (χ4v) is 3.47. The van der Waals surface area contributed by atoms with E-state index in [2.05, 4.69) is 63.2 Å².